The fraction of sp³-hybridized carbons (Fsp3) is 0.0714. The number of nitrogens with zero attached hydrogens (tertiary/aromatic N) is 1. The third-order valence-electron chi connectivity index (χ3n) is 2.33. The first-order chi connectivity index (χ1) is 8.27. The number of phenolic OH excluding ortho intramolecular Hbond substituents is 1. The summed E-state index contributed by atoms with van der Waals surface area (Å²) in [4.78, 5) is 1.09. The second-order valence-electron chi connectivity index (χ2n) is 3.60. The number of hydrogen-bond donors (Lipinski definition) is 1. The molecule has 0 aliphatic heterocycles. The van der Waals surface area contributed by atoms with E-state index in [2.05, 4.69) is 4.40 Å². The minimum absolute atomic E-state index is 0.266. The molecule has 0 heterocycles. The largest absolute Gasteiger partial charge is 0.507 e. The topological polar surface area (TPSA) is 32.6 Å². The van der Waals surface area contributed by atoms with Crippen molar-refractivity contribution < 1.29 is 5.11 Å². The van der Waals surface area contributed by atoms with Gasteiger partial charge >= 0.3 is 0 Å². The molecular weight excluding hydrogens is 230 g/mol. The van der Waals surface area contributed by atoms with Crippen molar-refractivity contribution in [2.75, 3.05) is 0 Å². The smallest absolute Gasteiger partial charge is 0.124 e. The second kappa shape index (κ2) is 5.55. The summed E-state index contributed by atoms with van der Waals surface area (Å²) in [6.45, 7) is 1.89. The van der Waals surface area contributed by atoms with Gasteiger partial charge in [0.05, 0.1) is 5.71 Å². The van der Waals surface area contributed by atoms with Crippen molar-refractivity contribution >= 4 is 17.7 Å². The highest BCUT2D eigenvalue weighted by Crippen LogP contribution is 2.22. The van der Waals surface area contributed by atoms with Crippen molar-refractivity contribution in [3.8, 4) is 5.75 Å². The van der Waals surface area contributed by atoms with Crippen molar-refractivity contribution in [3.63, 3.8) is 0 Å². The molecule has 86 valence electrons. The average molecular weight is 243 g/mol. The first-order valence-electron chi connectivity index (χ1n) is 5.32. The minimum Gasteiger partial charge on any atom is -0.507 e. The van der Waals surface area contributed by atoms with Gasteiger partial charge in [0, 0.05) is 22.4 Å². The van der Waals surface area contributed by atoms with E-state index in [1.54, 1.807) is 12.1 Å². The van der Waals surface area contributed by atoms with Crippen LogP contribution in [0, 0.1) is 0 Å². The van der Waals surface area contributed by atoms with Gasteiger partial charge < -0.3 is 5.11 Å². The molecule has 0 aliphatic rings. The number of phenols is 1. The fourth-order valence-electron chi connectivity index (χ4n) is 1.43. The molecule has 2 aromatic rings. The summed E-state index contributed by atoms with van der Waals surface area (Å²) in [6.07, 6.45) is 0. The van der Waals surface area contributed by atoms with Crippen LogP contribution >= 0.6 is 11.9 Å². The highest BCUT2D eigenvalue weighted by atomic mass is 32.2. The lowest BCUT2D eigenvalue weighted by Gasteiger charge is -2.03. The van der Waals surface area contributed by atoms with E-state index in [1.807, 2.05) is 49.4 Å². The second-order valence-corrected chi connectivity index (χ2v) is 4.43. The molecule has 0 aromatic heterocycles. The van der Waals surface area contributed by atoms with Crippen LogP contribution in [0.15, 0.2) is 63.9 Å². The number of hydrogen-bond acceptors (Lipinski definition) is 3. The monoisotopic (exact) mass is 243 g/mol. The molecule has 0 saturated heterocycles. The van der Waals surface area contributed by atoms with Gasteiger partial charge in [-0.15, -0.1) is 0 Å². The Morgan fingerprint density at radius 1 is 1.00 bits per heavy atom. The molecule has 2 nitrogen and oxygen atoms in total. The summed E-state index contributed by atoms with van der Waals surface area (Å²) in [5.41, 5.74) is 1.59. The zero-order chi connectivity index (χ0) is 12.1. The summed E-state index contributed by atoms with van der Waals surface area (Å²) in [7, 11) is 0. The Bertz CT molecular complexity index is 523. The Balaban J connectivity index is 2.16. The van der Waals surface area contributed by atoms with Crippen LogP contribution in [-0.4, -0.2) is 10.8 Å². The van der Waals surface area contributed by atoms with E-state index >= 15 is 0 Å². The quantitative estimate of drug-likeness (QED) is 0.655. The third kappa shape index (κ3) is 3.11. The van der Waals surface area contributed by atoms with E-state index in [0.29, 0.717) is 0 Å². The number of aromatic hydroxyl groups is 1. The Kier molecular flexibility index (Phi) is 3.83. The van der Waals surface area contributed by atoms with Gasteiger partial charge in [-0.2, -0.15) is 0 Å². The molecule has 0 atom stereocenters. The summed E-state index contributed by atoms with van der Waals surface area (Å²) < 4.78 is 4.40. The predicted octanol–water partition coefficient (Wildman–Crippen LogP) is 3.91. The highest BCUT2D eigenvalue weighted by Gasteiger charge is 2.02. The Morgan fingerprint density at radius 3 is 2.35 bits per heavy atom. The van der Waals surface area contributed by atoms with E-state index < -0.39 is 0 Å². The molecule has 3 heteroatoms. The van der Waals surface area contributed by atoms with E-state index in [-0.39, 0.29) is 5.75 Å². The maximum Gasteiger partial charge on any atom is 0.124 e. The first kappa shape index (κ1) is 11.7. The fourth-order valence-corrected chi connectivity index (χ4v) is 2.05. The zero-order valence-corrected chi connectivity index (χ0v) is 10.3. The highest BCUT2D eigenvalue weighted by molar-refractivity contribution is 7.98. The van der Waals surface area contributed by atoms with Crippen molar-refractivity contribution in [2.45, 2.75) is 11.8 Å². The van der Waals surface area contributed by atoms with Gasteiger partial charge in [0.2, 0.25) is 0 Å². The van der Waals surface area contributed by atoms with Gasteiger partial charge in [0.25, 0.3) is 0 Å². The lowest BCUT2D eigenvalue weighted by molar-refractivity contribution is 0.474. The van der Waals surface area contributed by atoms with Crippen LogP contribution in [-0.2, 0) is 0 Å². The Hall–Kier alpha value is -1.74. The molecule has 0 saturated carbocycles. The van der Waals surface area contributed by atoms with Gasteiger partial charge in [0.15, 0.2) is 0 Å². The molecule has 0 amide bonds. The molecule has 0 fully saturated rings. The lowest BCUT2D eigenvalue weighted by atomic mass is 10.1. The van der Waals surface area contributed by atoms with Crippen molar-refractivity contribution in [1.82, 2.24) is 0 Å². The van der Waals surface area contributed by atoms with Crippen LogP contribution in [0.4, 0.5) is 0 Å². The summed E-state index contributed by atoms with van der Waals surface area (Å²) in [5.74, 6) is 0.266. The lowest BCUT2D eigenvalue weighted by Crippen LogP contribution is -1.93. The molecular formula is C14H13NOS. The van der Waals surface area contributed by atoms with E-state index in [4.69, 9.17) is 0 Å². The predicted molar refractivity (Wildman–Crippen MR) is 72.6 cm³/mol. The van der Waals surface area contributed by atoms with Crippen LogP contribution in [0.1, 0.15) is 12.5 Å². The normalized spacial score (nSPS) is 11.5. The molecule has 0 spiro atoms. The molecule has 2 rings (SSSR count). The van der Waals surface area contributed by atoms with Crippen LogP contribution < -0.4 is 0 Å². The van der Waals surface area contributed by atoms with Crippen molar-refractivity contribution in [1.29, 1.82) is 0 Å². The minimum atomic E-state index is 0.266. The Morgan fingerprint density at radius 2 is 1.65 bits per heavy atom. The van der Waals surface area contributed by atoms with Gasteiger partial charge in [-0.25, -0.2) is 4.40 Å². The molecule has 0 bridgehead atoms. The van der Waals surface area contributed by atoms with Crippen LogP contribution in [0.5, 0.6) is 5.75 Å². The Labute approximate surface area is 105 Å². The van der Waals surface area contributed by atoms with Crippen molar-refractivity contribution in [3.05, 3.63) is 60.2 Å². The summed E-state index contributed by atoms with van der Waals surface area (Å²) >= 11 is 1.41. The van der Waals surface area contributed by atoms with Gasteiger partial charge in [-0.05, 0) is 31.2 Å². The molecule has 1 N–H and O–H groups in total. The van der Waals surface area contributed by atoms with Crippen LogP contribution in [0.2, 0.25) is 0 Å². The average Bonchev–Trinajstić information content (AvgIpc) is 2.38. The summed E-state index contributed by atoms with van der Waals surface area (Å²) in [6, 6.07) is 17.2. The third-order valence-corrected chi connectivity index (χ3v) is 3.17. The van der Waals surface area contributed by atoms with E-state index in [1.165, 1.54) is 11.9 Å². The van der Waals surface area contributed by atoms with E-state index in [9.17, 15) is 5.11 Å². The maximum absolute atomic E-state index is 9.69. The van der Waals surface area contributed by atoms with Gasteiger partial charge in [0.1, 0.15) is 5.75 Å². The molecule has 17 heavy (non-hydrogen) atoms. The molecule has 0 radical (unpaired) electrons. The van der Waals surface area contributed by atoms with Crippen molar-refractivity contribution in [2.24, 2.45) is 4.40 Å². The van der Waals surface area contributed by atoms with Gasteiger partial charge in [-0.3, -0.25) is 0 Å². The van der Waals surface area contributed by atoms with Crippen LogP contribution in [0.3, 0.4) is 0 Å². The van der Waals surface area contributed by atoms with E-state index in [0.717, 1.165) is 16.2 Å². The molecule has 0 unspecified atom stereocenters. The molecule has 2 aromatic carbocycles. The number of benzene rings is 2. The number of rotatable bonds is 3. The maximum atomic E-state index is 9.69. The van der Waals surface area contributed by atoms with Gasteiger partial charge in [-0.1, -0.05) is 30.3 Å². The zero-order valence-electron chi connectivity index (χ0n) is 9.50. The summed E-state index contributed by atoms with van der Waals surface area (Å²) in [5, 5.41) is 9.69. The first-order valence-corrected chi connectivity index (χ1v) is 6.10. The molecule has 0 aliphatic carbocycles. The number of para-hydroxylation sites is 1. The standard InChI is InChI=1S/C14H13NOS/c1-11(13-9-5-6-10-14(13)16)15-17-12-7-3-2-4-8-12/h2-10,16H,1H3. The van der Waals surface area contributed by atoms with Crippen LogP contribution in [0.25, 0.3) is 0 Å². The SMILES string of the molecule is CC(=NSc1ccccc1)c1ccccc1O.